The summed E-state index contributed by atoms with van der Waals surface area (Å²) in [5.74, 6) is 2.56. The number of nitrogens with one attached hydrogen (secondary N) is 1. The Bertz CT molecular complexity index is 849. The maximum Gasteiger partial charge on any atom is 0.230 e. The number of hydrogen-bond acceptors (Lipinski definition) is 5. The van der Waals surface area contributed by atoms with Gasteiger partial charge in [-0.25, -0.2) is 0 Å². The van der Waals surface area contributed by atoms with Gasteiger partial charge in [0.15, 0.2) is 11.0 Å². The van der Waals surface area contributed by atoms with Crippen LogP contribution < -0.4 is 10.1 Å². The third-order valence-corrected chi connectivity index (χ3v) is 6.29. The average molecular weight is 443 g/mol. The van der Waals surface area contributed by atoms with Crippen molar-refractivity contribution in [3.05, 3.63) is 47.8 Å². The Kier molecular flexibility index (Phi) is 9.46. The largest absolute Gasteiger partial charge is 0.486 e. The molecule has 0 aliphatic heterocycles. The molecule has 0 atom stereocenters. The summed E-state index contributed by atoms with van der Waals surface area (Å²) in [7, 11) is 0. The van der Waals surface area contributed by atoms with Crippen LogP contribution in [0.3, 0.4) is 0 Å². The second kappa shape index (κ2) is 12.5. The highest BCUT2D eigenvalue weighted by Crippen LogP contribution is 2.21. The first-order chi connectivity index (χ1) is 15.1. The van der Waals surface area contributed by atoms with Crippen molar-refractivity contribution in [2.75, 3.05) is 12.3 Å². The van der Waals surface area contributed by atoms with E-state index < -0.39 is 0 Å². The van der Waals surface area contributed by atoms with E-state index in [4.69, 9.17) is 4.74 Å². The number of rotatable bonds is 12. The van der Waals surface area contributed by atoms with Crippen LogP contribution in [0.1, 0.15) is 58.2 Å². The summed E-state index contributed by atoms with van der Waals surface area (Å²) in [4.78, 5) is 12.3. The lowest BCUT2D eigenvalue weighted by Crippen LogP contribution is -2.26. The monoisotopic (exact) mass is 442 g/mol. The van der Waals surface area contributed by atoms with E-state index in [-0.39, 0.29) is 5.91 Å². The average Bonchev–Trinajstić information content (AvgIpc) is 3.18. The first-order valence-corrected chi connectivity index (χ1v) is 12.3. The van der Waals surface area contributed by atoms with Crippen LogP contribution in [0.2, 0.25) is 0 Å². The van der Waals surface area contributed by atoms with Gasteiger partial charge in [0.2, 0.25) is 5.91 Å². The van der Waals surface area contributed by atoms with Gasteiger partial charge in [-0.1, -0.05) is 55.5 Å². The Morgan fingerprint density at radius 1 is 1.23 bits per heavy atom. The molecule has 31 heavy (non-hydrogen) atoms. The zero-order valence-electron chi connectivity index (χ0n) is 18.7. The van der Waals surface area contributed by atoms with Gasteiger partial charge in [-0.3, -0.25) is 4.79 Å². The van der Waals surface area contributed by atoms with E-state index in [0.29, 0.717) is 24.8 Å². The van der Waals surface area contributed by atoms with Gasteiger partial charge in [0.25, 0.3) is 0 Å². The molecule has 1 aromatic carbocycles. The van der Waals surface area contributed by atoms with Crippen molar-refractivity contribution >= 4 is 17.7 Å². The maximum atomic E-state index is 12.3. The van der Waals surface area contributed by atoms with Crippen LogP contribution in [-0.2, 0) is 17.9 Å². The van der Waals surface area contributed by atoms with Crippen LogP contribution in [0.25, 0.3) is 0 Å². The predicted octanol–water partition coefficient (Wildman–Crippen LogP) is 5.00. The van der Waals surface area contributed by atoms with Gasteiger partial charge >= 0.3 is 0 Å². The van der Waals surface area contributed by atoms with Gasteiger partial charge in [0.05, 0.1) is 5.75 Å². The second-order valence-corrected chi connectivity index (χ2v) is 9.27. The molecule has 1 amide bonds. The number of aromatic nitrogens is 3. The third kappa shape index (κ3) is 8.05. The fourth-order valence-electron chi connectivity index (χ4n) is 3.48. The minimum absolute atomic E-state index is 0.0434. The minimum Gasteiger partial charge on any atom is -0.486 e. The van der Waals surface area contributed by atoms with Gasteiger partial charge in [-0.2, -0.15) is 0 Å². The van der Waals surface area contributed by atoms with Crippen LogP contribution in [-0.4, -0.2) is 33.0 Å². The van der Waals surface area contributed by atoms with Gasteiger partial charge in [-0.05, 0) is 56.6 Å². The second-order valence-electron chi connectivity index (χ2n) is 8.33. The van der Waals surface area contributed by atoms with E-state index in [2.05, 4.69) is 40.0 Å². The van der Waals surface area contributed by atoms with Crippen molar-refractivity contribution in [2.24, 2.45) is 5.92 Å². The number of ether oxygens (including phenoxy) is 1. The van der Waals surface area contributed by atoms with E-state index in [1.165, 1.54) is 43.0 Å². The molecule has 0 unspecified atom stereocenters. The number of thioether (sulfide) groups is 1. The molecule has 1 aliphatic rings. The molecular formula is C24H34N4O2S. The summed E-state index contributed by atoms with van der Waals surface area (Å²) >= 11 is 1.44. The molecule has 6 nitrogen and oxygen atoms in total. The molecule has 1 heterocycles. The molecule has 0 spiro atoms. The van der Waals surface area contributed by atoms with Crippen molar-refractivity contribution in [3.8, 4) is 5.75 Å². The molecule has 7 heteroatoms. The van der Waals surface area contributed by atoms with Crippen LogP contribution in [0.15, 0.2) is 47.1 Å². The Hall–Kier alpha value is -2.28. The number of para-hydroxylation sites is 1. The number of benzene rings is 1. The van der Waals surface area contributed by atoms with Crippen LogP contribution >= 0.6 is 11.8 Å². The van der Waals surface area contributed by atoms with Crippen molar-refractivity contribution in [2.45, 2.75) is 70.7 Å². The summed E-state index contributed by atoms with van der Waals surface area (Å²) in [6, 6.07) is 9.72. The first kappa shape index (κ1) is 23.4. The summed E-state index contributed by atoms with van der Waals surface area (Å²) in [5.41, 5.74) is 1.48. The maximum absolute atomic E-state index is 12.3. The van der Waals surface area contributed by atoms with Gasteiger partial charge in [0.1, 0.15) is 12.4 Å². The lowest BCUT2D eigenvalue weighted by molar-refractivity contribution is -0.118. The molecule has 0 saturated heterocycles. The molecule has 1 aliphatic carbocycles. The highest BCUT2D eigenvalue weighted by Gasteiger charge is 2.15. The SMILES string of the molecule is CC(C)CCn1c(COc2ccccc2)nnc1SCC(=O)NCCC1=CCCCC1. The van der Waals surface area contributed by atoms with Gasteiger partial charge < -0.3 is 14.6 Å². The Balaban J connectivity index is 1.51. The predicted molar refractivity (Wildman–Crippen MR) is 125 cm³/mol. The molecule has 168 valence electrons. The number of allylic oxidation sites excluding steroid dienone is 1. The fourth-order valence-corrected chi connectivity index (χ4v) is 4.30. The number of hydrogen-bond donors (Lipinski definition) is 1. The third-order valence-electron chi connectivity index (χ3n) is 5.32. The molecule has 0 fully saturated rings. The highest BCUT2D eigenvalue weighted by molar-refractivity contribution is 7.99. The molecule has 1 aromatic heterocycles. The highest BCUT2D eigenvalue weighted by atomic mass is 32.2. The van der Waals surface area contributed by atoms with Crippen LogP contribution in [0, 0.1) is 5.92 Å². The molecule has 0 bridgehead atoms. The van der Waals surface area contributed by atoms with Crippen LogP contribution in [0.4, 0.5) is 0 Å². The van der Waals surface area contributed by atoms with Gasteiger partial charge in [-0.15, -0.1) is 10.2 Å². The van der Waals surface area contributed by atoms with E-state index in [1.54, 1.807) is 0 Å². The molecule has 3 rings (SSSR count). The zero-order valence-corrected chi connectivity index (χ0v) is 19.5. The summed E-state index contributed by atoms with van der Waals surface area (Å²) < 4.78 is 7.96. The van der Waals surface area contributed by atoms with Crippen molar-refractivity contribution < 1.29 is 9.53 Å². The lowest BCUT2D eigenvalue weighted by Gasteiger charge is -2.13. The Morgan fingerprint density at radius 2 is 2.06 bits per heavy atom. The lowest BCUT2D eigenvalue weighted by atomic mass is 9.97. The minimum atomic E-state index is 0.0434. The summed E-state index contributed by atoms with van der Waals surface area (Å²) in [6.45, 7) is 6.29. The van der Waals surface area contributed by atoms with E-state index in [9.17, 15) is 4.79 Å². The molecular weight excluding hydrogens is 408 g/mol. The number of nitrogens with zero attached hydrogens (tertiary/aromatic N) is 3. The van der Waals surface area contributed by atoms with Gasteiger partial charge in [0, 0.05) is 13.1 Å². The van der Waals surface area contributed by atoms with E-state index in [1.807, 2.05) is 30.3 Å². The zero-order chi connectivity index (χ0) is 21.9. The standard InChI is InChI=1S/C24H34N4O2S/c1-19(2)14-16-28-22(17-30-21-11-7-4-8-12-21)26-27-24(28)31-18-23(29)25-15-13-20-9-5-3-6-10-20/h4,7-9,11-12,19H,3,5-6,10,13-18H2,1-2H3,(H,25,29). The van der Waals surface area contributed by atoms with E-state index >= 15 is 0 Å². The van der Waals surface area contributed by atoms with E-state index in [0.717, 1.165) is 36.1 Å². The summed E-state index contributed by atoms with van der Waals surface area (Å²) in [6.07, 6.45) is 9.24. The fraction of sp³-hybridized carbons (Fsp3) is 0.542. The molecule has 2 aromatic rings. The topological polar surface area (TPSA) is 69.0 Å². The van der Waals surface area contributed by atoms with Crippen LogP contribution in [0.5, 0.6) is 5.75 Å². The quantitative estimate of drug-likeness (QED) is 0.370. The first-order valence-electron chi connectivity index (χ1n) is 11.3. The normalized spacial score (nSPS) is 13.8. The van der Waals surface area contributed by atoms with Crippen molar-refractivity contribution in [1.29, 1.82) is 0 Å². The smallest absolute Gasteiger partial charge is 0.230 e. The Morgan fingerprint density at radius 3 is 2.81 bits per heavy atom. The summed E-state index contributed by atoms with van der Waals surface area (Å²) in [5, 5.41) is 12.5. The van der Waals surface area contributed by atoms with Crippen molar-refractivity contribution in [3.63, 3.8) is 0 Å². The molecule has 1 N–H and O–H groups in total. The Labute approximate surface area is 189 Å². The molecule has 0 saturated carbocycles. The number of amides is 1. The number of carbonyl (C=O) groups excluding carboxylic acids is 1. The van der Waals surface area contributed by atoms with Crippen molar-refractivity contribution in [1.82, 2.24) is 20.1 Å². The molecule has 0 radical (unpaired) electrons. The number of carbonyl (C=O) groups is 1.